The smallest absolute Gasteiger partial charge is 0.431 e. The normalized spacial score (nSPS) is 34.1. The summed E-state index contributed by atoms with van der Waals surface area (Å²) in [6.07, 6.45) is 2.23. The van der Waals surface area contributed by atoms with E-state index in [0.29, 0.717) is 6.42 Å². The molecule has 1 saturated heterocycles. The number of hydrogen-bond donors (Lipinski definition) is 0. The Labute approximate surface area is 116 Å². The van der Waals surface area contributed by atoms with Crippen LogP contribution < -0.4 is 0 Å². The van der Waals surface area contributed by atoms with Crippen LogP contribution in [0.15, 0.2) is 0 Å². The molecule has 3 fully saturated rings. The van der Waals surface area contributed by atoms with Crippen molar-refractivity contribution < 1.29 is 28.6 Å². The van der Waals surface area contributed by atoms with E-state index >= 15 is 0 Å². The SMILES string of the molecule is O=C(OC1C(=O)CCC1=O)O[C@H]1CC[C@]2(CCCO2)C1. The molecule has 0 amide bonds. The fraction of sp³-hybridized carbons (Fsp3) is 0.786. The van der Waals surface area contributed by atoms with Crippen molar-refractivity contribution in [1.82, 2.24) is 0 Å². The van der Waals surface area contributed by atoms with Crippen molar-refractivity contribution in [3.63, 3.8) is 0 Å². The van der Waals surface area contributed by atoms with E-state index in [1.807, 2.05) is 0 Å². The first-order chi connectivity index (χ1) is 9.58. The molecule has 1 heterocycles. The summed E-state index contributed by atoms with van der Waals surface area (Å²) in [4.78, 5) is 34.4. The van der Waals surface area contributed by atoms with Crippen molar-refractivity contribution in [2.24, 2.45) is 0 Å². The summed E-state index contributed by atoms with van der Waals surface area (Å²) in [7, 11) is 0. The van der Waals surface area contributed by atoms with Crippen molar-refractivity contribution in [2.45, 2.75) is 62.8 Å². The molecule has 3 rings (SSSR count). The molecular formula is C14H18O6. The Kier molecular flexibility index (Phi) is 3.50. The van der Waals surface area contributed by atoms with Gasteiger partial charge < -0.3 is 14.2 Å². The van der Waals surface area contributed by atoms with Crippen LogP contribution in [0.4, 0.5) is 4.79 Å². The summed E-state index contributed by atoms with van der Waals surface area (Å²) < 4.78 is 15.8. The number of carbonyl (C=O) groups excluding carboxylic acids is 3. The summed E-state index contributed by atoms with van der Waals surface area (Å²) in [6, 6.07) is 0. The summed E-state index contributed by atoms with van der Waals surface area (Å²) in [5.41, 5.74) is -0.135. The quantitative estimate of drug-likeness (QED) is 0.564. The largest absolute Gasteiger partial charge is 0.509 e. The molecule has 6 nitrogen and oxygen atoms in total. The molecule has 1 aliphatic heterocycles. The van der Waals surface area contributed by atoms with Gasteiger partial charge in [0.05, 0.1) is 5.60 Å². The molecule has 3 aliphatic rings. The van der Waals surface area contributed by atoms with E-state index in [9.17, 15) is 14.4 Å². The highest BCUT2D eigenvalue weighted by Crippen LogP contribution is 2.42. The minimum atomic E-state index is -1.25. The van der Waals surface area contributed by atoms with Gasteiger partial charge in [-0.05, 0) is 25.7 Å². The number of hydrogen-bond acceptors (Lipinski definition) is 6. The van der Waals surface area contributed by atoms with E-state index in [1.165, 1.54) is 0 Å². The molecule has 110 valence electrons. The van der Waals surface area contributed by atoms with Crippen molar-refractivity contribution in [3.8, 4) is 0 Å². The number of ether oxygens (including phenoxy) is 3. The Morgan fingerprint density at radius 3 is 2.55 bits per heavy atom. The molecular weight excluding hydrogens is 264 g/mol. The average molecular weight is 282 g/mol. The van der Waals surface area contributed by atoms with Gasteiger partial charge >= 0.3 is 6.16 Å². The molecule has 20 heavy (non-hydrogen) atoms. The van der Waals surface area contributed by atoms with Crippen LogP contribution in [0.5, 0.6) is 0 Å². The fourth-order valence-electron chi connectivity index (χ4n) is 3.34. The van der Waals surface area contributed by atoms with Crippen molar-refractivity contribution in [3.05, 3.63) is 0 Å². The summed E-state index contributed by atoms with van der Waals surface area (Å²) in [5.74, 6) is -0.678. The first kappa shape index (κ1) is 13.5. The maximum atomic E-state index is 11.7. The molecule has 0 aromatic carbocycles. The minimum Gasteiger partial charge on any atom is -0.431 e. The first-order valence-corrected chi connectivity index (χ1v) is 7.15. The van der Waals surface area contributed by atoms with Gasteiger partial charge in [0, 0.05) is 25.9 Å². The summed E-state index contributed by atoms with van der Waals surface area (Å²) in [6.45, 7) is 0.766. The Morgan fingerprint density at radius 2 is 1.90 bits per heavy atom. The van der Waals surface area contributed by atoms with Gasteiger partial charge in [0.15, 0.2) is 11.6 Å². The molecule has 0 unspecified atom stereocenters. The second-order valence-electron chi connectivity index (χ2n) is 5.80. The maximum absolute atomic E-state index is 11.7. The lowest BCUT2D eigenvalue weighted by Gasteiger charge is -2.22. The topological polar surface area (TPSA) is 78.9 Å². The van der Waals surface area contributed by atoms with E-state index in [4.69, 9.17) is 14.2 Å². The predicted octanol–water partition coefficient (Wildman–Crippen LogP) is 1.54. The highest BCUT2D eigenvalue weighted by atomic mass is 16.7. The van der Waals surface area contributed by atoms with Gasteiger partial charge in [0.2, 0.25) is 6.10 Å². The molecule has 0 radical (unpaired) electrons. The van der Waals surface area contributed by atoms with Gasteiger partial charge in [-0.3, -0.25) is 9.59 Å². The third kappa shape index (κ3) is 2.57. The van der Waals surface area contributed by atoms with Crippen LogP contribution in [0.1, 0.15) is 44.9 Å². The molecule has 2 aliphatic carbocycles. The Bertz CT molecular complexity index is 421. The van der Waals surface area contributed by atoms with E-state index in [-0.39, 0.29) is 36.1 Å². The third-order valence-electron chi connectivity index (χ3n) is 4.39. The molecule has 2 saturated carbocycles. The highest BCUT2D eigenvalue weighted by Gasteiger charge is 2.44. The standard InChI is InChI=1S/C14H18O6/c15-10-2-3-11(16)12(10)20-13(17)19-9-4-6-14(8-9)5-1-7-18-14/h9,12H,1-8H2/t9-,14+/m0/s1. The molecule has 1 spiro atoms. The third-order valence-corrected chi connectivity index (χ3v) is 4.39. The maximum Gasteiger partial charge on any atom is 0.509 e. The van der Waals surface area contributed by atoms with Gasteiger partial charge in [0.1, 0.15) is 6.10 Å². The lowest BCUT2D eigenvalue weighted by Crippen LogP contribution is -2.31. The zero-order valence-electron chi connectivity index (χ0n) is 11.3. The lowest BCUT2D eigenvalue weighted by molar-refractivity contribution is -0.135. The van der Waals surface area contributed by atoms with Gasteiger partial charge in [-0.25, -0.2) is 4.79 Å². The second-order valence-corrected chi connectivity index (χ2v) is 5.80. The number of ketones is 2. The zero-order valence-corrected chi connectivity index (χ0v) is 11.3. The number of Topliss-reactive ketones (excluding diaryl/α,β-unsaturated/α-hetero) is 2. The van der Waals surface area contributed by atoms with E-state index in [0.717, 1.165) is 32.3 Å². The Hall–Kier alpha value is -1.43. The molecule has 0 N–H and O–H groups in total. The molecule has 2 atom stereocenters. The van der Waals surface area contributed by atoms with Crippen molar-refractivity contribution in [1.29, 1.82) is 0 Å². The number of rotatable bonds is 2. The van der Waals surface area contributed by atoms with Crippen LogP contribution in [0.25, 0.3) is 0 Å². The Morgan fingerprint density at radius 1 is 1.15 bits per heavy atom. The number of carbonyl (C=O) groups is 3. The molecule has 0 aromatic heterocycles. The van der Waals surface area contributed by atoms with Gasteiger partial charge in [0.25, 0.3) is 0 Å². The van der Waals surface area contributed by atoms with Gasteiger partial charge in [-0.2, -0.15) is 0 Å². The first-order valence-electron chi connectivity index (χ1n) is 7.15. The van der Waals surface area contributed by atoms with Crippen molar-refractivity contribution in [2.75, 3.05) is 6.61 Å². The minimum absolute atomic E-state index is 0.135. The average Bonchev–Trinajstić information content (AvgIpc) is 3.10. The molecule has 6 heteroatoms. The zero-order chi connectivity index (χ0) is 14.2. The van der Waals surface area contributed by atoms with E-state index in [1.54, 1.807) is 0 Å². The van der Waals surface area contributed by atoms with Crippen molar-refractivity contribution >= 4 is 17.7 Å². The monoisotopic (exact) mass is 282 g/mol. The highest BCUT2D eigenvalue weighted by molar-refractivity contribution is 6.12. The molecule has 0 aromatic rings. The second kappa shape index (κ2) is 5.16. The van der Waals surface area contributed by atoms with Crippen LogP contribution in [0.3, 0.4) is 0 Å². The fourth-order valence-corrected chi connectivity index (χ4v) is 3.34. The lowest BCUT2D eigenvalue weighted by atomic mass is 9.99. The van der Waals surface area contributed by atoms with Crippen LogP contribution in [-0.4, -0.2) is 42.1 Å². The van der Waals surface area contributed by atoms with Crippen LogP contribution in [0, 0.1) is 0 Å². The summed E-state index contributed by atoms with van der Waals surface area (Å²) in [5, 5.41) is 0. The predicted molar refractivity (Wildman–Crippen MR) is 66.2 cm³/mol. The molecule has 0 bridgehead atoms. The van der Waals surface area contributed by atoms with Crippen LogP contribution >= 0.6 is 0 Å². The summed E-state index contributed by atoms with van der Waals surface area (Å²) >= 11 is 0. The van der Waals surface area contributed by atoms with Gasteiger partial charge in [-0.15, -0.1) is 0 Å². The van der Waals surface area contributed by atoms with E-state index < -0.39 is 12.3 Å². The van der Waals surface area contributed by atoms with Crippen LogP contribution in [-0.2, 0) is 23.8 Å². The van der Waals surface area contributed by atoms with Gasteiger partial charge in [-0.1, -0.05) is 0 Å². The Balaban J connectivity index is 1.50. The van der Waals surface area contributed by atoms with Crippen LogP contribution in [0.2, 0.25) is 0 Å². The van der Waals surface area contributed by atoms with E-state index in [2.05, 4.69) is 0 Å².